The average molecular weight is 296 g/mol. The molecule has 0 aliphatic heterocycles. The van der Waals surface area contributed by atoms with Gasteiger partial charge in [-0.1, -0.05) is 24.3 Å². The van der Waals surface area contributed by atoms with E-state index in [4.69, 9.17) is 5.73 Å². The summed E-state index contributed by atoms with van der Waals surface area (Å²) < 4.78 is 0. The number of aliphatic imine (C=N–C) groups is 1. The summed E-state index contributed by atoms with van der Waals surface area (Å²) >= 11 is 0. The lowest BCUT2D eigenvalue weighted by Gasteiger charge is -2.08. The third kappa shape index (κ3) is 4.63. The maximum atomic E-state index is 11.8. The Balaban J connectivity index is 1.89. The van der Waals surface area contributed by atoms with Crippen molar-refractivity contribution in [1.29, 1.82) is 0 Å². The van der Waals surface area contributed by atoms with Gasteiger partial charge in [0.15, 0.2) is 5.96 Å². The van der Waals surface area contributed by atoms with Crippen molar-refractivity contribution in [3.8, 4) is 0 Å². The van der Waals surface area contributed by atoms with Gasteiger partial charge in [0, 0.05) is 11.4 Å². The molecule has 0 aliphatic carbocycles. The van der Waals surface area contributed by atoms with E-state index in [-0.39, 0.29) is 18.4 Å². The Labute approximate surface area is 130 Å². The van der Waals surface area contributed by atoms with Crippen LogP contribution in [-0.4, -0.2) is 18.4 Å². The fourth-order valence-electron chi connectivity index (χ4n) is 1.89. The predicted octanol–water partition coefficient (Wildman–Crippen LogP) is 2.67. The highest BCUT2D eigenvalue weighted by atomic mass is 16.1. The Bertz CT molecular complexity index is 680. The normalized spacial score (nSPS) is 11.1. The van der Waals surface area contributed by atoms with Crippen LogP contribution in [0.1, 0.15) is 11.1 Å². The molecule has 0 bridgehead atoms. The molecule has 5 heteroatoms. The van der Waals surface area contributed by atoms with E-state index in [1.54, 1.807) is 0 Å². The number of anilines is 2. The molecule has 0 fully saturated rings. The number of rotatable bonds is 4. The quantitative estimate of drug-likeness (QED) is 0.599. The zero-order valence-corrected chi connectivity index (χ0v) is 12.8. The summed E-state index contributed by atoms with van der Waals surface area (Å²) in [6.07, 6.45) is 0. The van der Waals surface area contributed by atoms with Crippen LogP contribution < -0.4 is 16.4 Å². The van der Waals surface area contributed by atoms with E-state index in [1.807, 2.05) is 62.4 Å². The number of amides is 1. The van der Waals surface area contributed by atoms with Crippen LogP contribution >= 0.6 is 0 Å². The van der Waals surface area contributed by atoms with Crippen molar-refractivity contribution in [2.45, 2.75) is 13.8 Å². The van der Waals surface area contributed by atoms with E-state index in [0.717, 1.165) is 11.4 Å². The van der Waals surface area contributed by atoms with Gasteiger partial charge in [-0.15, -0.1) is 0 Å². The van der Waals surface area contributed by atoms with Crippen LogP contribution in [0.25, 0.3) is 0 Å². The second-order valence-corrected chi connectivity index (χ2v) is 5.04. The molecule has 0 radical (unpaired) electrons. The van der Waals surface area contributed by atoms with E-state index >= 15 is 0 Å². The first-order chi connectivity index (χ1) is 10.5. The Kier molecular flexibility index (Phi) is 5.14. The number of carbonyl (C=O) groups is 1. The van der Waals surface area contributed by atoms with Crippen molar-refractivity contribution in [2.24, 2.45) is 10.7 Å². The fourth-order valence-corrected chi connectivity index (χ4v) is 1.89. The summed E-state index contributed by atoms with van der Waals surface area (Å²) in [7, 11) is 0. The minimum Gasteiger partial charge on any atom is -0.370 e. The largest absolute Gasteiger partial charge is 0.370 e. The lowest BCUT2D eigenvalue weighted by Crippen LogP contribution is -2.25. The molecule has 2 rings (SSSR count). The number of benzene rings is 2. The van der Waals surface area contributed by atoms with Crippen LogP contribution in [-0.2, 0) is 4.79 Å². The van der Waals surface area contributed by atoms with E-state index in [2.05, 4.69) is 15.6 Å². The summed E-state index contributed by atoms with van der Waals surface area (Å²) in [4.78, 5) is 15.8. The van der Waals surface area contributed by atoms with Crippen LogP contribution in [0, 0.1) is 13.8 Å². The monoisotopic (exact) mass is 296 g/mol. The van der Waals surface area contributed by atoms with Gasteiger partial charge in [-0.25, -0.2) is 4.99 Å². The number of para-hydroxylation sites is 1. The van der Waals surface area contributed by atoms with E-state index in [1.165, 1.54) is 11.1 Å². The molecule has 0 atom stereocenters. The summed E-state index contributed by atoms with van der Waals surface area (Å²) in [6.45, 7) is 4.05. The molecule has 0 aromatic heterocycles. The summed E-state index contributed by atoms with van der Waals surface area (Å²) in [6, 6.07) is 15.2. The van der Waals surface area contributed by atoms with Gasteiger partial charge in [-0.05, 0) is 49.2 Å². The number of nitrogens with zero attached hydrogens (tertiary/aromatic N) is 1. The Hall–Kier alpha value is -2.82. The van der Waals surface area contributed by atoms with Gasteiger partial charge in [0.25, 0.3) is 0 Å². The maximum Gasteiger partial charge on any atom is 0.246 e. The number of nitrogens with one attached hydrogen (secondary N) is 2. The molecule has 2 aromatic carbocycles. The Morgan fingerprint density at radius 1 is 1.00 bits per heavy atom. The van der Waals surface area contributed by atoms with Gasteiger partial charge < -0.3 is 16.4 Å². The molecule has 0 spiro atoms. The summed E-state index contributed by atoms with van der Waals surface area (Å²) in [5.41, 5.74) is 9.77. The fraction of sp³-hybridized carbons (Fsp3) is 0.176. The lowest BCUT2D eigenvalue weighted by molar-refractivity contribution is -0.114. The van der Waals surface area contributed by atoms with Crippen LogP contribution in [0.2, 0.25) is 0 Å². The first kappa shape index (κ1) is 15.6. The number of hydrogen-bond acceptors (Lipinski definition) is 2. The topological polar surface area (TPSA) is 79.5 Å². The average Bonchev–Trinajstić information content (AvgIpc) is 2.50. The van der Waals surface area contributed by atoms with Crippen LogP contribution in [0.5, 0.6) is 0 Å². The molecule has 0 aliphatic rings. The lowest BCUT2D eigenvalue weighted by atomic mass is 10.1. The van der Waals surface area contributed by atoms with Crippen molar-refractivity contribution in [2.75, 3.05) is 17.2 Å². The highest BCUT2D eigenvalue weighted by Gasteiger charge is 2.02. The van der Waals surface area contributed by atoms with Crippen molar-refractivity contribution in [3.05, 3.63) is 59.7 Å². The molecule has 1 amide bonds. The van der Waals surface area contributed by atoms with Crippen molar-refractivity contribution >= 4 is 23.2 Å². The molecule has 0 saturated heterocycles. The van der Waals surface area contributed by atoms with Crippen molar-refractivity contribution in [1.82, 2.24) is 0 Å². The standard InChI is InChI=1S/C17H20N4O/c1-12-8-9-15(10-13(12)2)21-17(18)19-11-16(22)20-14-6-4-3-5-7-14/h3-10H,11H2,1-2H3,(H,20,22)(H3,18,19,21). The van der Waals surface area contributed by atoms with Gasteiger partial charge in [-0.3, -0.25) is 4.79 Å². The molecule has 114 valence electrons. The minimum atomic E-state index is -0.212. The molecule has 2 aromatic rings. The molecular formula is C17H20N4O. The van der Waals surface area contributed by atoms with Gasteiger partial charge in [0.05, 0.1) is 0 Å². The summed E-state index contributed by atoms with van der Waals surface area (Å²) in [5.74, 6) is 0.00232. The van der Waals surface area contributed by atoms with E-state index in [0.29, 0.717) is 0 Å². The maximum absolute atomic E-state index is 11.8. The van der Waals surface area contributed by atoms with Crippen LogP contribution in [0.4, 0.5) is 11.4 Å². The van der Waals surface area contributed by atoms with E-state index < -0.39 is 0 Å². The van der Waals surface area contributed by atoms with Crippen molar-refractivity contribution in [3.63, 3.8) is 0 Å². The third-order valence-electron chi connectivity index (χ3n) is 3.23. The van der Waals surface area contributed by atoms with Gasteiger partial charge in [0.1, 0.15) is 6.54 Å². The summed E-state index contributed by atoms with van der Waals surface area (Å²) in [5, 5.41) is 5.73. The van der Waals surface area contributed by atoms with Gasteiger partial charge in [-0.2, -0.15) is 0 Å². The molecule has 0 heterocycles. The van der Waals surface area contributed by atoms with Crippen LogP contribution in [0.15, 0.2) is 53.5 Å². The zero-order chi connectivity index (χ0) is 15.9. The number of aryl methyl sites for hydroxylation is 2. The number of nitrogens with two attached hydrogens (primary N) is 1. The van der Waals surface area contributed by atoms with Crippen LogP contribution in [0.3, 0.4) is 0 Å². The van der Waals surface area contributed by atoms with Gasteiger partial charge >= 0.3 is 0 Å². The second kappa shape index (κ2) is 7.26. The highest BCUT2D eigenvalue weighted by Crippen LogP contribution is 2.13. The molecule has 22 heavy (non-hydrogen) atoms. The number of carbonyl (C=O) groups excluding carboxylic acids is 1. The third-order valence-corrected chi connectivity index (χ3v) is 3.23. The SMILES string of the molecule is Cc1ccc(NC(N)=NCC(=O)Nc2ccccc2)cc1C. The second-order valence-electron chi connectivity index (χ2n) is 5.04. The first-order valence-electron chi connectivity index (χ1n) is 7.03. The smallest absolute Gasteiger partial charge is 0.246 e. The molecule has 4 N–H and O–H groups in total. The molecule has 5 nitrogen and oxygen atoms in total. The van der Waals surface area contributed by atoms with E-state index in [9.17, 15) is 4.79 Å². The molecular weight excluding hydrogens is 276 g/mol. The molecule has 0 saturated carbocycles. The molecule has 0 unspecified atom stereocenters. The Morgan fingerprint density at radius 2 is 1.73 bits per heavy atom. The number of hydrogen-bond donors (Lipinski definition) is 3. The zero-order valence-electron chi connectivity index (χ0n) is 12.8. The predicted molar refractivity (Wildman–Crippen MR) is 91.1 cm³/mol. The van der Waals surface area contributed by atoms with Crippen molar-refractivity contribution < 1.29 is 4.79 Å². The minimum absolute atomic E-state index is 0.0292. The Morgan fingerprint density at radius 3 is 2.41 bits per heavy atom. The van der Waals surface area contributed by atoms with Gasteiger partial charge in [0.2, 0.25) is 5.91 Å². The first-order valence-corrected chi connectivity index (χ1v) is 7.03. The number of guanidine groups is 1. The highest BCUT2D eigenvalue weighted by molar-refractivity contribution is 5.97.